The van der Waals surface area contributed by atoms with Crippen LogP contribution in [0.2, 0.25) is 0 Å². The molecule has 2 atom stereocenters. The predicted molar refractivity (Wildman–Crippen MR) is 200 cm³/mol. The van der Waals surface area contributed by atoms with E-state index in [1.54, 1.807) is 12.4 Å². The molecule has 0 fully saturated rings. The molecule has 2 heterocycles. The molecular weight excluding hydrogens is 661 g/mol. The van der Waals surface area contributed by atoms with Gasteiger partial charge in [0, 0.05) is 48.5 Å². The van der Waals surface area contributed by atoms with E-state index >= 15 is 4.79 Å². The third-order valence-corrected chi connectivity index (χ3v) is 9.40. The third-order valence-electron chi connectivity index (χ3n) is 8.28. The van der Waals surface area contributed by atoms with Crippen molar-refractivity contribution in [2.24, 2.45) is 0 Å². The molecule has 7 nitrogen and oxygen atoms in total. The van der Waals surface area contributed by atoms with Crippen LogP contribution in [0.5, 0.6) is 11.5 Å². The monoisotopic (exact) mass is 698 g/mol. The fraction of sp³-hybridized carbons (Fsp3) is 0.195. The number of thioether (sulfide) groups is 2. The topological polar surface area (TPSA) is 87.1 Å². The number of hydrogen-bond acceptors (Lipinski definition) is 9. The highest BCUT2D eigenvalue weighted by atomic mass is 32.2. The van der Waals surface area contributed by atoms with Gasteiger partial charge in [0.1, 0.15) is 30.5 Å². The molecule has 0 saturated heterocycles. The summed E-state index contributed by atoms with van der Waals surface area (Å²) in [5.41, 5.74) is 5.45. The van der Waals surface area contributed by atoms with Gasteiger partial charge in [-0.05, 0) is 71.2 Å². The maximum Gasteiger partial charge on any atom is 0.187 e. The fourth-order valence-electron chi connectivity index (χ4n) is 5.73. The van der Waals surface area contributed by atoms with Crippen molar-refractivity contribution in [3.05, 3.63) is 167 Å². The quantitative estimate of drug-likeness (QED) is 0.0727. The molecule has 2 aromatic heterocycles. The summed E-state index contributed by atoms with van der Waals surface area (Å²) in [4.78, 5) is 33.4. The first-order valence-corrected chi connectivity index (χ1v) is 18.8. The molecule has 4 aromatic carbocycles. The Morgan fingerprint density at radius 1 is 0.580 bits per heavy atom. The molecule has 0 aliphatic heterocycles. The average Bonchev–Trinajstić information content (AvgIpc) is 3.18. The smallest absolute Gasteiger partial charge is 0.187 e. The molecule has 0 aliphatic rings. The molecule has 0 bridgehead atoms. The van der Waals surface area contributed by atoms with Crippen molar-refractivity contribution in [3.8, 4) is 11.5 Å². The van der Waals surface area contributed by atoms with Gasteiger partial charge in [-0.3, -0.25) is 4.79 Å². The summed E-state index contributed by atoms with van der Waals surface area (Å²) in [6.07, 6.45) is 8.20. The molecule has 6 rings (SSSR count). The molecule has 6 aromatic rings. The van der Waals surface area contributed by atoms with Gasteiger partial charge in [0.25, 0.3) is 0 Å². The number of benzene rings is 4. The zero-order valence-corrected chi connectivity index (χ0v) is 29.6. The molecule has 0 saturated carbocycles. The fourth-order valence-corrected chi connectivity index (χ4v) is 6.48. The third kappa shape index (κ3) is 9.58. The Morgan fingerprint density at radius 2 is 1.02 bits per heavy atom. The van der Waals surface area contributed by atoms with Crippen LogP contribution in [0.25, 0.3) is 0 Å². The minimum absolute atomic E-state index is 0.0547. The van der Waals surface area contributed by atoms with Crippen molar-refractivity contribution in [3.63, 3.8) is 0 Å². The van der Waals surface area contributed by atoms with Gasteiger partial charge in [-0.15, -0.1) is 0 Å². The standard InChI is InChI=1S/C41H38N4O3S2/c1-49-40-42-21-19-33(44-40)25-37(31-15-9-17-35(23-31)47-27-29-11-5-3-6-12-29)39(46)38(26-34-20-22-43-41(45-34)50-2)32-16-10-18-36(24-32)48-28-30-13-7-4-8-14-30/h3-24,37-38H,25-28H2,1-2H3. The second-order valence-electron chi connectivity index (χ2n) is 11.7. The normalized spacial score (nSPS) is 12.2. The predicted octanol–water partition coefficient (Wildman–Crippen LogP) is 8.79. The van der Waals surface area contributed by atoms with Crippen LogP contribution in [0, 0.1) is 0 Å². The van der Waals surface area contributed by atoms with E-state index < -0.39 is 11.8 Å². The van der Waals surface area contributed by atoms with Gasteiger partial charge in [0.2, 0.25) is 0 Å². The minimum atomic E-state index is -0.527. The largest absolute Gasteiger partial charge is 0.489 e. The Kier molecular flexibility index (Phi) is 12.3. The van der Waals surface area contributed by atoms with Gasteiger partial charge in [-0.25, -0.2) is 19.9 Å². The second kappa shape index (κ2) is 17.6. The van der Waals surface area contributed by atoms with Crippen LogP contribution in [0.1, 0.15) is 45.5 Å². The van der Waals surface area contributed by atoms with Crippen molar-refractivity contribution < 1.29 is 14.3 Å². The van der Waals surface area contributed by atoms with Crippen LogP contribution in [0.4, 0.5) is 0 Å². The Bertz CT molecular complexity index is 1850. The SMILES string of the molecule is CSc1nccc(CC(C(=O)C(Cc2ccnc(SC)n2)c2cccc(OCc3ccccc3)c2)c2cccc(OCc3ccccc3)c2)n1. The number of rotatable bonds is 16. The Morgan fingerprint density at radius 3 is 1.44 bits per heavy atom. The van der Waals surface area contributed by atoms with E-state index in [9.17, 15) is 0 Å². The summed E-state index contributed by atoms with van der Waals surface area (Å²) in [6.45, 7) is 0.853. The van der Waals surface area contributed by atoms with Crippen LogP contribution in [-0.4, -0.2) is 38.2 Å². The molecule has 50 heavy (non-hydrogen) atoms. The number of ketones is 1. The minimum Gasteiger partial charge on any atom is -0.489 e. The summed E-state index contributed by atoms with van der Waals surface area (Å²) < 4.78 is 12.4. The van der Waals surface area contributed by atoms with Gasteiger partial charge >= 0.3 is 0 Å². The average molecular weight is 699 g/mol. The van der Waals surface area contributed by atoms with Crippen LogP contribution in [0.15, 0.2) is 144 Å². The first kappa shape index (κ1) is 34.9. The number of aromatic nitrogens is 4. The molecule has 0 aliphatic carbocycles. The number of hydrogen-bond donors (Lipinski definition) is 0. The molecule has 252 valence electrons. The number of Topliss-reactive ketones (excluding diaryl/α,β-unsaturated/α-hetero) is 1. The van der Waals surface area contributed by atoms with Crippen LogP contribution in [0.3, 0.4) is 0 Å². The highest BCUT2D eigenvalue weighted by molar-refractivity contribution is 7.98. The zero-order valence-electron chi connectivity index (χ0n) is 28.0. The van der Waals surface area contributed by atoms with Crippen LogP contribution in [-0.2, 0) is 30.8 Å². The van der Waals surface area contributed by atoms with E-state index in [-0.39, 0.29) is 5.78 Å². The Hall–Kier alpha value is -4.99. The number of carbonyl (C=O) groups is 1. The summed E-state index contributed by atoms with van der Waals surface area (Å²) in [5.74, 6) is 0.398. The maximum atomic E-state index is 15.2. The second-order valence-corrected chi connectivity index (χ2v) is 13.2. The van der Waals surface area contributed by atoms with Crippen molar-refractivity contribution >= 4 is 29.3 Å². The number of ether oxygens (including phenoxy) is 2. The van der Waals surface area contributed by atoms with Gasteiger partial charge in [-0.1, -0.05) is 108 Å². The molecule has 0 N–H and O–H groups in total. The van der Waals surface area contributed by atoms with E-state index in [1.165, 1.54) is 23.5 Å². The Balaban J connectivity index is 1.36. The van der Waals surface area contributed by atoms with Gasteiger partial charge in [-0.2, -0.15) is 0 Å². The molecule has 2 unspecified atom stereocenters. The van der Waals surface area contributed by atoms with Gasteiger partial charge in [0.05, 0.1) is 0 Å². The van der Waals surface area contributed by atoms with E-state index in [0.29, 0.717) is 47.9 Å². The van der Waals surface area contributed by atoms with Crippen molar-refractivity contribution in [2.75, 3.05) is 12.5 Å². The van der Waals surface area contributed by atoms with E-state index in [1.807, 2.05) is 134 Å². The summed E-state index contributed by atoms with van der Waals surface area (Å²) in [6, 6.07) is 39.6. The zero-order chi connectivity index (χ0) is 34.5. The summed E-state index contributed by atoms with van der Waals surface area (Å²) in [7, 11) is 0. The number of carbonyl (C=O) groups excluding carboxylic acids is 1. The lowest BCUT2D eigenvalue weighted by Crippen LogP contribution is -2.25. The first-order chi connectivity index (χ1) is 24.6. The molecule has 0 amide bonds. The van der Waals surface area contributed by atoms with Crippen molar-refractivity contribution in [1.82, 2.24) is 19.9 Å². The highest BCUT2D eigenvalue weighted by Crippen LogP contribution is 2.34. The lowest BCUT2D eigenvalue weighted by atomic mass is 9.79. The molecule has 9 heteroatoms. The van der Waals surface area contributed by atoms with Crippen molar-refractivity contribution in [1.29, 1.82) is 0 Å². The van der Waals surface area contributed by atoms with Crippen molar-refractivity contribution in [2.45, 2.75) is 48.2 Å². The van der Waals surface area contributed by atoms with E-state index in [2.05, 4.69) is 9.97 Å². The summed E-state index contributed by atoms with van der Waals surface area (Å²) >= 11 is 2.95. The molecule has 0 spiro atoms. The lowest BCUT2D eigenvalue weighted by molar-refractivity contribution is -0.122. The van der Waals surface area contributed by atoms with E-state index in [4.69, 9.17) is 19.4 Å². The highest BCUT2D eigenvalue weighted by Gasteiger charge is 2.31. The lowest BCUT2D eigenvalue weighted by Gasteiger charge is -2.24. The Labute approximate surface area is 302 Å². The van der Waals surface area contributed by atoms with E-state index in [0.717, 1.165) is 33.6 Å². The molecule has 0 radical (unpaired) electrons. The molecular formula is C41H38N4O3S2. The maximum absolute atomic E-state index is 15.2. The van der Waals surface area contributed by atoms with Crippen LogP contribution >= 0.6 is 23.5 Å². The first-order valence-electron chi connectivity index (χ1n) is 16.4. The number of nitrogens with zero attached hydrogens (tertiary/aromatic N) is 4. The van der Waals surface area contributed by atoms with Gasteiger partial charge in [0.15, 0.2) is 10.3 Å². The van der Waals surface area contributed by atoms with Gasteiger partial charge < -0.3 is 9.47 Å². The summed E-state index contributed by atoms with van der Waals surface area (Å²) in [5, 5.41) is 1.33. The van der Waals surface area contributed by atoms with Crippen LogP contribution < -0.4 is 9.47 Å².